The second-order valence-electron chi connectivity index (χ2n) is 3.91. The van der Waals surface area contributed by atoms with Gasteiger partial charge in [-0.15, -0.1) is 0 Å². The third kappa shape index (κ3) is 5.07. The number of carbonyl (C=O) groups excluding carboxylic acids is 1. The minimum Gasteiger partial charge on any atom is -0.481 e. The average Bonchev–Trinajstić information content (AvgIpc) is 2.52. The number of benzene rings is 1. The zero-order valence-electron chi connectivity index (χ0n) is 15.3. The molecule has 7 nitrogen and oxygen atoms in total. The monoisotopic (exact) mass is 285 g/mol. The smallest absolute Gasteiger partial charge is 0.326 e. The highest BCUT2D eigenvalue weighted by Gasteiger charge is 2.24. The topological polar surface area (TPSA) is 130 Å². The Bertz CT molecular complexity index is 698. The number of aliphatic carboxylic acids is 2. The molecule has 1 aromatic rings. The standard InChI is InChI=1S/C13H16N2O5/c14-9(7-11(16)17)12(18)15-10(13(19)20)6-8-4-2-1-3-5-8/h1-5,9-10H,6-7,14H2,(H,15,18)(H,16,17)(H,19,20)/t9-,10-/m0/s1/i1D,2D,3D,4D,5D. The molecule has 2 atom stereocenters. The fourth-order valence-corrected chi connectivity index (χ4v) is 1.34. The molecule has 0 bridgehead atoms. The molecule has 5 N–H and O–H groups in total. The van der Waals surface area contributed by atoms with Gasteiger partial charge in [0.1, 0.15) is 6.04 Å². The van der Waals surface area contributed by atoms with Crippen LogP contribution in [-0.2, 0) is 20.8 Å². The largest absolute Gasteiger partial charge is 0.481 e. The van der Waals surface area contributed by atoms with Crippen LogP contribution in [0.1, 0.15) is 18.8 Å². The lowest BCUT2D eigenvalue weighted by atomic mass is 10.1. The Morgan fingerprint density at radius 3 is 2.35 bits per heavy atom. The number of nitrogens with two attached hydrogens (primary N) is 1. The molecule has 0 radical (unpaired) electrons. The van der Waals surface area contributed by atoms with Crippen molar-refractivity contribution in [1.29, 1.82) is 0 Å². The van der Waals surface area contributed by atoms with Gasteiger partial charge in [-0.25, -0.2) is 4.79 Å². The molecule has 0 aliphatic carbocycles. The number of nitrogens with one attached hydrogen (secondary N) is 1. The van der Waals surface area contributed by atoms with Crippen molar-refractivity contribution in [2.45, 2.75) is 24.9 Å². The van der Waals surface area contributed by atoms with Crippen LogP contribution in [0, 0.1) is 0 Å². The summed E-state index contributed by atoms with van der Waals surface area (Å²) >= 11 is 0. The summed E-state index contributed by atoms with van der Waals surface area (Å²) in [5.41, 5.74) is 5.06. The molecule has 7 heteroatoms. The van der Waals surface area contributed by atoms with E-state index in [-0.39, 0.29) is 5.56 Å². The van der Waals surface area contributed by atoms with E-state index < -0.39 is 73.0 Å². The molecular formula is C13H16N2O5. The van der Waals surface area contributed by atoms with E-state index in [4.69, 9.17) is 17.7 Å². The minimum absolute atomic E-state index is 0.287. The second kappa shape index (κ2) is 7.25. The molecule has 20 heavy (non-hydrogen) atoms. The molecule has 0 aromatic heterocycles. The fraction of sp³-hybridized carbons (Fsp3) is 0.308. The van der Waals surface area contributed by atoms with Gasteiger partial charge in [0.05, 0.1) is 19.3 Å². The van der Waals surface area contributed by atoms with Crippen LogP contribution in [0.15, 0.2) is 30.2 Å². The van der Waals surface area contributed by atoms with Crippen LogP contribution < -0.4 is 11.1 Å². The third-order valence-corrected chi connectivity index (χ3v) is 2.31. The van der Waals surface area contributed by atoms with Crippen LogP contribution >= 0.6 is 0 Å². The summed E-state index contributed by atoms with van der Waals surface area (Å²) < 4.78 is 38.1. The van der Waals surface area contributed by atoms with Gasteiger partial charge in [-0.3, -0.25) is 9.59 Å². The fourth-order valence-electron chi connectivity index (χ4n) is 1.34. The van der Waals surface area contributed by atoms with E-state index >= 15 is 0 Å². The molecule has 0 heterocycles. The van der Waals surface area contributed by atoms with Gasteiger partial charge in [0.25, 0.3) is 0 Å². The van der Waals surface area contributed by atoms with Gasteiger partial charge < -0.3 is 21.3 Å². The quantitative estimate of drug-likeness (QED) is 0.539. The zero-order valence-corrected chi connectivity index (χ0v) is 10.3. The Hall–Kier alpha value is -2.41. The Kier molecular flexibility index (Phi) is 3.44. The van der Waals surface area contributed by atoms with E-state index in [0.717, 1.165) is 0 Å². The van der Waals surface area contributed by atoms with Gasteiger partial charge in [0, 0.05) is 6.42 Å². The Morgan fingerprint density at radius 1 is 1.25 bits per heavy atom. The van der Waals surface area contributed by atoms with Crippen LogP contribution in [0.25, 0.3) is 0 Å². The van der Waals surface area contributed by atoms with Crippen molar-refractivity contribution < 1.29 is 31.5 Å². The number of carboxylic acid groups (broad SMARTS) is 2. The van der Waals surface area contributed by atoms with E-state index in [0.29, 0.717) is 0 Å². The van der Waals surface area contributed by atoms with Gasteiger partial charge in [-0.1, -0.05) is 30.2 Å². The predicted octanol–water partition coefficient (Wildman–Crippen LogP) is -0.399. The highest BCUT2D eigenvalue weighted by molar-refractivity contribution is 5.89. The van der Waals surface area contributed by atoms with E-state index in [9.17, 15) is 19.5 Å². The van der Waals surface area contributed by atoms with E-state index in [1.165, 1.54) is 0 Å². The number of amides is 1. The molecule has 0 fully saturated rings. The normalized spacial score (nSPS) is 16.8. The van der Waals surface area contributed by atoms with Crippen LogP contribution in [0.3, 0.4) is 0 Å². The second-order valence-corrected chi connectivity index (χ2v) is 3.91. The summed E-state index contributed by atoms with van der Waals surface area (Å²) in [5.74, 6) is -3.91. The molecule has 0 saturated carbocycles. The molecule has 1 rings (SSSR count). The number of hydrogen-bond acceptors (Lipinski definition) is 4. The van der Waals surface area contributed by atoms with Crippen LogP contribution in [-0.4, -0.2) is 40.1 Å². The number of carboxylic acids is 2. The highest BCUT2D eigenvalue weighted by Crippen LogP contribution is 2.04. The maximum atomic E-state index is 11.8. The third-order valence-electron chi connectivity index (χ3n) is 2.31. The van der Waals surface area contributed by atoms with Crippen LogP contribution in [0.4, 0.5) is 0 Å². The van der Waals surface area contributed by atoms with Crippen molar-refractivity contribution >= 4 is 17.8 Å². The predicted molar refractivity (Wildman–Crippen MR) is 69.9 cm³/mol. The molecule has 108 valence electrons. The van der Waals surface area contributed by atoms with Gasteiger partial charge in [-0.05, 0) is 5.56 Å². The highest BCUT2D eigenvalue weighted by atomic mass is 16.4. The van der Waals surface area contributed by atoms with Crippen LogP contribution in [0.5, 0.6) is 0 Å². The lowest BCUT2D eigenvalue weighted by Crippen LogP contribution is -2.49. The Morgan fingerprint density at radius 2 is 1.85 bits per heavy atom. The number of carbonyl (C=O) groups is 3. The van der Waals surface area contributed by atoms with Crippen molar-refractivity contribution in [3.8, 4) is 0 Å². The van der Waals surface area contributed by atoms with Crippen molar-refractivity contribution in [2.24, 2.45) is 5.73 Å². The molecule has 0 aliphatic heterocycles. The summed E-state index contributed by atoms with van der Waals surface area (Å²) in [7, 11) is 0. The van der Waals surface area contributed by atoms with Crippen molar-refractivity contribution in [3.05, 3.63) is 35.8 Å². The lowest BCUT2D eigenvalue weighted by Gasteiger charge is -2.17. The van der Waals surface area contributed by atoms with Gasteiger partial charge in [-0.2, -0.15) is 0 Å². The van der Waals surface area contributed by atoms with E-state index in [1.54, 1.807) is 0 Å². The first-order valence-electron chi connectivity index (χ1n) is 8.03. The van der Waals surface area contributed by atoms with Gasteiger partial charge in [0.2, 0.25) is 5.91 Å². The first-order valence-corrected chi connectivity index (χ1v) is 5.53. The SMILES string of the molecule is [2H]c1c([2H])c([2H])c(C[C@H](NC(=O)[C@@H](N)CC(=O)O)C(=O)O)c([2H])c1[2H]. The van der Waals surface area contributed by atoms with Crippen molar-refractivity contribution in [3.63, 3.8) is 0 Å². The molecular weight excluding hydrogens is 264 g/mol. The first-order chi connectivity index (χ1) is 11.5. The summed E-state index contributed by atoms with van der Waals surface area (Å²) in [6, 6.07) is -6.18. The molecule has 0 aliphatic rings. The van der Waals surface area contributed by atoms with Gasteiger partial charge in [0.15, 0.2) is 0 Å². The first kappa shape index (κ1) is 9.49. The average molecular weight is 285 g/mol. The van der Waals surface area contributed by atoms with Gasteiger partial charge >= 0.3 is 11.9 Å². The Balaban J connectivity index is 3.10. The maximum absolute atomic E-state index is 11.8. The molecule has 1 amide bonds. The summed E-state index contributed by atoms with van der Waals surface area (Å²) in [6.07, 6.45) is -1.30. The number of rotatable bonds is 7. The molecule has 1 aromatic carbocycles. The summed E-state index contributed by atoms with van der Waals surface area (Å²) in [5, 5.41) is 19.8. The van der Waals surface area contributed by atoms with Crippen LogP contribution in [0.2, 0.25) is 0 Å². The zero-order chi connectivity index (χ0) is 19.5. The maximum Gasteiger partial charge on any atom is 0.326 e. The summed E-state index contributed by atoms with van der Waals surface area (Å²) in [6.45, 7) is 0. The Labute approximate surface area is 122 Å². The lowest BCUT2D eigenvalue weighted by molar-refractivity contribution is -0.142. The van der Waals surface area contributed by atoms with Crippen molar-refractivity contribution in [1.82, 2.24) is 5.32 Å². The summed E-state index contributed by atoms with van der Waals surface area (Å²) in [4.78, 5) is 33.6. The number of hydrogen-bond donors (Lipinski definition) is 4. The van der Waals surface area contributed by atoms with E-state index in [2.05, 4.69) is 0 Å². The van der Waals surface area contributed by atoms with E-state index in [1.807, 2.05) is 5.32 Å². The molecule has 0 saturated heterocycles. The molecule has 0 spiro atoms. The minimum atomic E-state index is -1.64. The van der Waals surface area contributed by atoms with Crippen molar-refractivity contribution in [2.75, 3.05) is 0 Å². The molecule has 0 unspecified atom stereocenters.